The summed E-state index contributed by atoms with van der Waals surface area (Å²) >= 11 is 0. The van der Waals surface area contributed by atoms with E-state index in [4.69, 9.17) is 9.47 Å². The highest BCUT2D eigenvalue weighted by Crippen LogP contribution is 2.34. The van der Waals surface area contributed by atoms with Gasteiger partial charge >= 0.3 is 0 Å². The maximum Gasteiger partial charge on any atom is 0.265 e. The van der Waals surface area contributed by atoms with Gasteiger partial charge in [0, 0.05) is 13.1 Å². The first-order chi connectivity index (χ1) is 15.3. The number of anilines is 1. The molecule has 2 aliphatic rings. The maximum atomic E-state index is 13.3. The Bertz CT molecular complexity index is 1130. The first kappa shape index (κ1) is 22.1. The molecule has 2 N–H and O–H groups in total. The molecule has 0 bridgehead atoms. The van der Waals surface area contributed by atoms with Gasteiger partial charge in [-0.05, 0) is 55.7 Å². The molecule has 170 valence electrons. The molecule has 32 heavy (non-hydrogen) atoms. The van der Waals surface area contributed by atoms with E-state index in [0.717, 1.165) is 5.56 Å². The van der Waals surface area contributed by atoms with E-state index >= 15 is 0 Å². The van der Waals surface area contributed by atoms with Crippen molar-refractivity contribution in [1.29, 1.82) is 0 Å². The molecule has 2 aliphatic heterocycles. The van der Waals surface area contributed by atoms with Gasteiger partial charge in [-0.2, -0.15) is 4.31 Å². The Kier molecular flexibility index (Phi) is 6.07. The Hall–Kier alpha value is -3.11. The molecule has 1 saturated heterocycles. The minimum atomic E-state index is -3.94. The molecular weight excluding hydrogens is 434 g/mol. The predicted molar refractivity (Wildman–Crippen MR) is 117 cm³/mol. The van der Waals surface area contributed by atoms with Crippen molar-refractivity contribution in [1.82, 2.24) is 9.62 Å². The number of fused-ring (bicyclic) bond motifs is 1. The Balaban J connectivity index is 1.48. The number of benzene rings is 2. The minimum absolute atomic E-state index is 0.00422. The van der Waals surface area contributed by atoms with Crippen molar-refractivity contribution in [2.45, 2.75) is 43.4 Å². The number of hydrogen-bond donors (Lipinski definition) is 2. The number of carbonyl (C=O) groups excluding carboxylic acids is 2. The van der Waals surface area contributed by atoms with Crippen molar-refractivity contribution in [3.8, 4) is 11.5 Å². The fourth-order valence-electron chi connectivity index (χ4n) is 3.82. The standard InChI is InChI=1S/C22H25N3O6S/c1-14-21(26)24-18-12-17(9-10-20(18)31-14)32(28,29)25-11-3-4-19(25)22(27)23-13-15-5-7-16(30-2)8-6-15/h5-10,12,14,19H,3-4,11,13H2,1-2H3,(H,23,27)(H,24,26)/t14-,19-/m0/s1. The number of nitrogens with one attached hydrogen (secondary N) is 2. The SMILES string of the molecule is COc1ccc(CNC(=O)[C@@H]2CCCN2S(=O)(=O)c2ccc3c(c2)NC(=O)[C@H](C)O3)cc1. The lowest BCUT2D eigenvalue weighted by Gasteiger charge is -2.26. The zero-order chi connectivity index (χ0) is 22.9. The van der Waals surface area contributed by atoms with Gasteiger partial charge in [-0.25, -0.2) is 8.42 Å². The van der Waals surface area contributed by atoms with Crippen LogP contribution in [-0.2, 0) is 26.2 Å². The third kappa shape index (κ3) is 4.28. The van der Waals surface area contributed by atoms with E-state index < -0.39 is 22.2 Å². The van der Waals surface area contributed by atoms with Crippen LogP contribution in [0.15, 0.2) is 47.4 Å². The summed E-state index contributed by atoms with van der Waals surface area (Å²) in [7, 11) is -2.36. The average molecular weight is 460 g/mol. The number of rotatable bonds is 6. The number of amides is 2. The lowest BCUT2D eigenvalue weighted by atomic mass is 10.2. The summed E-state index contributed by atoms with van der Waals surface area (Å²) in [4.78, 5) is 24.7. The molecule has 1 fully saturated rings. The fraction of sp³-hybridized carbons (Fsp3) is 0.364. The topological polar surface area (TPSA) is 114 Å². The summed E-state index contributed by atoms with van der Waals surface area (Å²) in [6, 6.07) is 10.8. The Morgan fingerprint density at radius 1 is 1.25 bits per heavy atom. The van der Waals surface area contributed by atoms with E-state index in [1.807, 2.05) is 12.1 Å². The smallest absolute Gasteiger partial charge is 0.265 e. The molecule has 2 atom stereocenters. The minimum Gasteiger partial charge on any atom is -0.497 e. The van der Waals surface area contributed by atoms with Crippen molar-refractivity contribution in [3.05, 3.63) is 48.0 Å². The van der Waals surface area contributed by atoms with Gasteiger partial charge < -0.3 is 20.1 Å². The molecule has 0 saturated carbocycles. The van der Waals surface area contributed by atoms with Crippen LogP contribution in [0.4, 0.5) is 5.69 Å². The molecule has 0 aliphatic carbocycles. The van der Waals surface area contributed by atoms with Crippen LogP contribution in [0.25, 0.3) is 0 Å². The van der Waals surface area contributed by atoms with Crippen molar-refractivity contribution >= 4 is 27.5 Å². The normalized spacial score (nSPS) is 20.8. The van der Waals surface area contributed by atoms with Crippen molar-refractivity contribution in [2.75, 3.05) is 19.0 Å². The second-order valence-corrected chi connectivity index (χ2v) is 9.64. The third-order valence-corrected chi connectivity index (χ3v) is 7.52. The second kappa shape index (κ2) is 8.79. The van der Waals surface area contributed by atoms with E-state index in [9.17, 15) is 18.0 Å². The van der Waals surface area contributed by atoms with Crippen LogP contribution in [0, 0.1) is 0 Å². The zero-order valence-electron chi connectivity index (χ0n) is 17.8. The number of methoxy groups -OCH3 is 1. The Morgan fingerprint density at radius 3 is 2.72 bits per heavy atom. The van der Waals surface area contributed by atoms with Crippen LogP contribution < -0.4 is 20.1 Å². The second-order valence-electron chi connectivity index (χ2n) is 7.75. The molecule has 9 nitrogen and oxygen atoms in total. The third-order valence-electron chi connectivity index (χ3n) is 5.62. The van der Waals surface area contributed by atoms with Gasteiger partial charge in [-0.15, -0.1) is 0 Å². The van der Waals surface area contributed by atoms with Crippen LogP contribution in [0.3, 0.4) is 0 Å². The summed E-state index contributed by atoms with van der Waals surface area (Å²) in [6.45, 7) is 2.15. The van der Waals surface area contributed by atoms with Crippen LogP contribution in [0.1, 0.15) is 25.3 Å². The van der Waals surface area contributed by atoms with Gasteiger partial charge in [0.05, 0.1) is 17.7 Å². The first-order valence-electron chi connectivity index (χ1n) is 10.3. The van der Waals surface area contributed by atoms with Gasteiger partial charge in [0.2, 0.25) is 15.9 Å². The molecular formula is C22H25N3O6S. The van der Waals surface area contributed by atoms with Crippen LogP contribution in [-0.4, -0.2) is 50.3 Å². The number of nitrogens with zero attached hydrogens (tertiary/aromatic N) is 1. The van der Waals surface area contributed by atoms with E-state index in [1.54, 1.807) is 26.2 Å². The summed E-state index contributed by atoms with van der Waals surface area (Å²) in [5, 5.41) is 5.49. The molecule has 0 unspecified atom stereocenters. The molecule has 2 heterocycles. The predicted octanol–water partition coefficient (Wildman–Crippen LogP) is 1.88. The molecule has 0 radical (unpaired) electrons. The van der Waals surface area contributed by atoms with Gasteiger partial charge in [-0.3, -0.25) is 9.59 Å². The fourth-order valence-corrected chi connectivity index (χ4v) is 5.51. The molecule has 4 rings (SSSR count). The highest BCUT2D eigenvalue weighted by molar-refractivity contribution is 7.89. The number of hydrogen-bond acceptors (Lipinski definition) is 6. The highest BCUT2D eigenvalue weighted by atomic mass is 32.2. The van der Waals surface area contributed by atoms with Crippen LogP contribution in [0.2, 0.25) is 0 Å². The van der Waals surface area contributed by atoms with Gasteiger partial charge in [0.15, 0.2) is 6.10 Å². The molecule has 2 amide bonds. The lowest BCUT2D eigenvalue weighted by Crippen LogP contribution is -2.45. The number of ether oxygens (including phenoxy) is 2. The van der Waals surface area contributed by atoms with E-state index in [1.165, 1.54) is 22.5 Å². The van der Waals surface area contributed by atoms with Crippen molar-refractivity contribution in [2.24, 2.45) is 0 Å². The first-order valence-corrected chi connectivity index (χ1v) is 11.8. The lowest BCUT2D eigenvalue weighted by molar-refractivity contribution is -0.124. The van der Waals surface area contributed by atoms with Gasteiger partial charge in [0.1, 0.15) is 17.5 Å². The van der Waals surface area contributed by atoms with E-state index in [0.29, 0.717) is 30.0 Å². The Morgan fingerprint density at radius 2 is 2.00 bits per heavy atom. The highest BCUT2D eigenvalue weighted by Gasteiger charge is 2.40. The summed E-state index contributed by atoms with van der Waals surface area (Å²) in [5.74, 6) is 0.440. The summed E-state index contributed by atoms with van der Waals surface area (Å²) in [6.07, 6.45) is 0.375. The van der Waals surface area contributed by atoms with Gasteiger partial charge in [0.25, 0.3) is 5.91 Å². The molecule has 10 heteroatoms. The Labute approximate surface area is 186 Å². The quantitative estimate of drug-likeness (QED) is 0.682. The van der Waals surface area contributed by atoms with E-state index in [-0.39, 0.29) is 29.8 Å². The average Bonchev–Trinajstić information content (AvgIpc) is 3.29. The van der Waals surface area contributed by atoms with Crippen LogP contribution >= 0.6 is 0 Å². The van der Waals surface area contributed by atoms with Gasteiger partial charge in [-0.1, -0.05) is 12.1 Å². The zero-order valence-corrected chi connectivity index (χ0v) is 18.6. The molecule has 0 spiro atoms. The van der Waals surface area contributed by atoms with E-state index in [2.05, 4.69) is 10.6 Å². The number of carbonyl (C=O) groups is 2. The molecule has 2 aromatic carbocycles. The summed E-state index contributed by atoms with van der Waals surface area (Å²) < 4.78 is 38.5. The number of sulfonamides is 1. The molecule has 0 aromatic heterocycles. The maximum absolute atomic E-state index is 13.3. The van der Waals surface area contributed by atoms with Crippen molar-refractivity contribution < 1.29 is 27.5 Å². The largest absolute Gasteiger partial charge is 0.497 e. The molecule has 2 aromatic rings. The summed E-state index contributed by atoms with van der Waals surface area (Å²) in [5.41, 5.74) is 1.18. The van der Waals surface area contributed by atoms with Crippen molar-refractivity contribution in [3.63, 3.8) is 0 Å². The van der Waals surface area contributed by atoms with Crippen LogP contribution in [0.5, 0.6) is 11.5 Å². The monoisotopic (exact) mass is 459 g/mol.